The van der Waals surface area contributed by atoms with Gasteiger partial charge in [0.25, 0.3) is 5.91 Å². The molecule has 0 atom stereocenters. The van der Waals surface area contributed by atoms with Gasteiger partial charge in [0.1, 0.15) is 0 Å². The van der Waals surface area contributed by atoms with Crippen molar-refractivity contribution < 1.29 is 4.79 Å². The topological polar surface area (TPSA) is 41.5 Å². The SMILES string of the molecule is C/C(=N/NC(=O)c1ccc(C)cc1)c1cc(C)ccc1C. The minimum atomic E-state index is -0.195. The Hall–Kier alpha value is -2.42. The molecule has 2 aromatic carbocycles. The highest BCUT2D eigenvalue weighted by Gasteiger charge is 2.06. The molecule has 0 aliphatic rings. The lowest BCUT2D eigenvalue weighted by molar-refractivity contribution is 0.0955. The Bertz CT molecular complexity index is 685. The monoisotopic (exact) mass is 280 g/mol. The third kappa shape index (κ3) is 3.78. The number of benzene rings is 2. The lowest BCUT2D eigenvalue weighted by atomic mass is 10.0. The maximum absolute atomic E-state index is 12.0. The number of nitrogens with one attached hydrogen (secondary N) is 1. The molecular formula is C18H20N2O. The number of carbonyl (C=O) groups is 1. The average molecular weight is 280 g/mol. The van der Waals surface area contributed by atoms with Crippen LogP contribution >= 0.6 is 0 Å². The molecule has 3 heteroatoms. The van der Waals surface area contributed by atoms with Crippen molar-refractivity contribution in [1.82, 2.24) is 5.43 Å². The van der Waals surface area contributed by atoms with E-state index in [1.165, 1.54) is 5.56 Å². The van der Waals surface area contributed by atoms with E-state index in [2.05, 4.69) is 28.7 Å². The molecule has 0 heterocycles. The van der Waals surface area contributed by atoms with Crippen LogP contribution in [0.3, 0.4) is 0 Å². The van der Waals surface area contributed by atoms with Crippen molar-refractivity contribution >= 4 is 11.6 Å². The molecule has 21 heavy (non-hydrogen) atoms. The molecule has 0 spiro atoms. The van der Waals surface area contributed by atoms with Crippen LogP contribution in [0, 0.1) is 20.8 Å². The zero-order chi connectivity index (χ0) is 15.4. The van der Waals surface area contributed by atoms with E-state index in [-0.39, 0.29) is 5.91 Å². The summed E-state index contributed by atoms with van der Waals surface area (Å²) in [5.74, 6) is -0.195. The normalized spacial score (nSPS) is 11.3. The smallest absolute Gasteiger partial charge is 0.267 e. The van der Waals surface area contributed by atoms with E-state index in [1.54, 1.807) is 12.1 Å². The van der Waals surface area contributed by atoms with E-state index < -0.39 is 0 Å². The van der Waals surface area contributed by atoms with Crippen LogP contribution in [0.1, 0.15) is 39.5 Å². The van der Waals surface area contributed by atoms with Crippen LogP contribution in [-0.2, 0) is 0 Å². The van der Waals surface area contributed by atoms with Gasteiger partial charge in [-0.15, -0.1) is 0 Å². The molecular weight excluding hydrogens is 260 g/mol. The number of hydrogen-bond donors (Lipinski definition) is 1. The van der Waals surface area contributed by atoms with Crippen molar-refractivity contribution in [2.75, 3.05) is 0 Å². The number of carbonyl (C=O) groups excluding carboxylic acids is 1. The molecule has 0 aromatic heterocycles. The molecule has 1 N–H and O–H groups in total. The molecule has 3 nitrogen and oxygen atoms in total. The van der Waals surface area contributed by atoms with Gasteiger partial charge < -0.3 is 0 Å². The van der Waals surface area contributed by atoms with Crippen molar-refractivity contribution in [2.45, 2.75) is 27.7 Å². The lowest BCUT2D eigenvalue weighted by Gasteiger charge is -2.07. The van der Waals surface area contributed by atoms with Gasteiger partial charge >= 0.3 is 0 Å². The first-order valence-corrected chi connectivity index (χ1v) is 6.96. The zero-order valence-corrected chi connectivity index (χ0v) is 12.9. The summed E-state index contributed by atoms with van der Waals surface area (Å²) in [6, 6.07) is 13.6. The Morgan fingerprint density at radius 3 is 2.24 bits per heavy atom. The Morgan fingerprint density at radius 1 is 0.952 bits per heavy atom. The quantitative estimate of drug-likeness (QED) is 0.675. The van der Waals surface area contributed by atoms with E-state index >= 15 is 0 Å². The van der Waals surface area contributed by atoms with Gasteiger partial charge in [0.05, 0.1) is 5.71 Å². The van der Waals surface area contributed by atoms with Gasteiger partial charge in [0.2, 0.25) is 0 Å². The standard InChI is InChI=1S/C18H20N2O/c1-12-6-9-16(10-7-12)18(21)20-19-15(4)17-11-13(2)5-8-14(17)3/h5-11H,1-4H3,(H,20,21)/b19-15-. The Labute approximate surface area is 125 Å². The minimum Gasteiger partial charge on any atom is -0.267 e. The highest BCUT2D eigenvalue weighted by atomic mass is 16.2. The second kappa shape index (κ2) is 6.35. The molecule has 2 rings (SSSR count). The number of amides is 1. The van der Waals surface area contributed by atoms with E-state index in [1.807, 2.05) is 39.8 Å². The summed E-state index contributed by atoms with van der Waals surface area (Å²) in [7, 11) is 0. The molecule has 0 radical (unpaired) electrons. The Morgan fingerprint density at radius 2 is 1.57 bits per heavy atom. The van der Waals surface area contributed by atoms with Crippen LogP contribution in [0.15, 0.2) is 47.6 Å². The molecule has 108 valence electrons. The number of hydrazone groups is 1. The molecule has 2 aromatic rings. The molecule has 0 unspecified atom stereocenters. The van der Waals surface area contributed by atoms with Gasteiger partial charge in [-0.1, -0.05) is 35.4 Å². The zero-order valence-electron chi connectivity index (χ0n) is 12.9. The highest BCUT2D eigenvalue weighted by Crippen LogP contribution is 2.11. The average Bonchev–Trinajstić information content (AvgIpc) is 2.47. The van der Waals surface area contributed by atoms with Crippen molar-refractivity contribution in [3.05, 3.63) is 70.3 Å². The van der Waals surface area contributed by atoms with E-state index in [9.17, 15) is 4.79 Å². The largest absolute Gasteiger partial charge is 0.271 e. The third-order valence-corrected chi connectivity index (χ3v) is 3.42. The van der Waals surface area contributed by atoms with E-state index in [4.69, 9.17) is 0 Å². The fourth-order valence-corrected chi connectivity index (χ4v) is 2.09. The molecule has 0 bridgehead atoms. The summed E-state index contributed by atoms with van der Waals surface area (Å²) in [6.45, 7) is 7.97. The summed E-state index contributed by atoms with van der Waals surface area (Å²) >= 11 is 0. The first kappa shape index (κ1) is 15.0. The summed E-state index contributed by atoms with van der Waals surface area (Å²) < 4.78 is 0. The molecule has 1 amide bonds. The van der Waals surface area contributed by atoms with Gasteiger partial charge in [0, 0.05) is 11.1 Å². The number of aryl methyl sites for hydroxylation is 3. The summed E-state index contributed by atoms with van der Waals surface area (Å²) in [4.78, 5) is 12.0. The summed E-state index contributed by atoms with van der Waals surface area (Å²) in [5.41, 5.74) is 8.53. The van der Waals surface area contributed by atoms with Gasteiger partial charge in [-0.25, -0.2) is 5.43 Å². The summed E-state index contributed by atoms with van der Waals surface area (Å²) in [6.07, 6.45) is 0. The van der Waals surface area contributed by atoms with E-state index in [0.29, 0.717) is 5.56 Å². The minimum absolute atomic E-state index is 0.195. The van der Waals surface area contributed by atoms with Gasteiger partial charge in [0.15, 0.2) is 0 Å². The Balaban J connectivity index is 2.14. The van der Waals surface area contributed by atoms with Crippen molar-refractivity contribution in [3.63, 3.8) is 0 Å². The predicted molar refractivity (Wildman–Crippen MR) is 86.8 cm³/mol. The van der Waals surface area contributed by atoms with Crippen molar-refractivity contribution in [2.24, 2.45) is 5.10 Å². The van der Waals surface area contributed by atoms with Gasteiger partial charge in [-0.3, -0.25) is 4.79 Å². The fraction of sp³-hybridized carbons (Fsp3) is 0.222. The first-order chi connectivity index (χ1) is 9.97. The molecule has 0 aliphatic heterocycles. The maximum Gasteiger partial charge on any atom is 0.271 e. The first-order valence-electron chi connectivity index (χ1n) is 6.96. The molecule has 0 saturated heterocycles. The third-order valence-electron chi connectivity index (χ3n) is 3.42. The fourth-order valence-electron chi connectivity index (χ4n) is 2.09. The van der Waals surface area contributed by atoms with Crippen LogP contribution in [0.25, 0.3) is 0 Å². The van der Waals surface area contributed by atoms with Crippen LogP contribution in [0.5, 0.6) is 0 Å². The van der Waals surface area contributed by atoms with Crippen molar-refractivity contribution in [3.8, 4) is 0 Å². The number of hydrogen-bond acceptors (Lipinski definition) is 2. The van der Waals surface area contributed by atoms with E-state index in [0.717, 1.165) is 22.4 Å². The van der Waals surface area contributed by atoms with Crippen LogP contribution < -0.4 is 5.43 Å². The van der Waals surface area contributed by atoms with Crippen molar-refractivity contribution in [1.29, 1.82) is 0 Å². The predicted octanol–water partition coefficient (Wildman–Crippen LogP) is 3.77. The number of rotatable bonds is 3. The van der Waals surface area contributed by atoms with Crippen LogP contribution in [0.2, 0.25) is 0 Å². The van der Waals surface area contributed by atoms with Gasteiger partial charge in [-0.2, -0.15) is 5.10 Å². The van der Waals surface area contributed by atoms with Crippen LogP contribution in [-0.4, -0.2) is 11.6 Å². The molecule has 0 aliphatic carbocycles. The highest BCUT2D eigenvalue weighted by molar-refractivity contribution is 6.01. The maximum atomic E-state index is 12.0. The summed E-state index contributed by atoms with van der Waals surface area (Å²) in [5, 5.41) is 4.21. The van der Waals surface area contributed by atoms with Crippen LogP contribution in [0.4, 0.5) is 0 Å². The second-order valence-electron chi connectivity index (χ2n) is 5.32. The molecule has 0 saturated carbocycles. The molecule has 0 fully saturated rings. The lowest BCUT2D eigenvalue weighted by Crippen LogP contribution is -2.19. The number of nitrogens with zero attached hydrogens (tertiary/aromatic N) is 1. The Kier molecular flexibility index (Phi) is 4.53. The van der Waals surface area contributed by atoms with Gasteiger partial charge in [-0.05, 0) is 51.5 Å². The second-order valence-corrected chi connectivity index (χ2v) is 5.32.